The van der Waals surface area contributed by atoms with Crippen LogP contribution in [0.3, 0.4) is 0 Å². The fourth-order valence-corrected chi connectivity index (χ4v) is 5.39. The number of para-hydroxylation sites is 1. The first-order chi connectivity index (χ1) is 20.4. The third kappa shape index (κ3) is 3.94. The van der Waals surface area contributed by atoms with Gasteiger partial charge in [0.1, 0.15) is 22.6 Å². The summed E-state index contributed by atoms with van der Waals surface area (Å²) >= 11 is 4.58. The van der Waals surface area contributed by atoms with Gasteiger partial charge < -0.3 is 23.5 Å². The molecule has 0 atom stereocenters. The predicted octanol–water partition coefficient (Wildman–Crippen LogP) is 5.71. The van der Waals surface area contributed by atoms with E-state index in [1.54, 1.807) is 53.4 Å². The molecule has 1 aliphatic heterocycles. The van der Waals surface area contributed by atoms with Crippen LogP contribution < -0.4 is 19.1 Å². The first-order valence-electron chi connectivity index (χ1n) is 12.9. The monoisotopic (exact) mass is 582 g/mol. The van der Waals surface area contributed by atoms with Crippen LogP contribution in [0.5, 0.6) is 11.6 Å². The van der Waals surface area contributed by atoms with Gasteiger partial charge in [0.2, 0.25) is 5.88 Å². The number of nitrogens with one attached hydrogen (secondary N) is 1. The number of anilines is 1. The lowest BCUT2D eigenvalue weighted by Gasteiger charge is -2.21. The molecular weight excluding hydrogens is 559 g/mol. The number of hydrogen-bond acceptors (Lipinski definition) is 9. The molecule has 0 spiro atoms. The van der Waals surface area contributed by atoms with E-state index in [9.17, 15) is 9.18 Å². The van der Waals surface area contributed by atoms with Crippen molar-refractivity contribution in [1.29, 1.82) is 0 Å². The third-order valence-electron chi connectivity index (χ3n) is 7.24. The minimum absolute atomic E-state index is 0.188. The summed E-state index contributed by atoms with van der Waals surface area (Å²) in [5, 5.41) is 3.30. The van der Waals surface area contributed by atoms with Crippen LogP contribution in [0, 0.1) is 5.82 Å². The topological polar surface area (TPSA) is 108 Å². The highest BCUT2D eigenvalue weighted by Gasteiger charge is 2.27. The van der Waals surface area contributed by atoms with Gasteiger partial charge in [0.05, 0.1) is 29.6 Å². The van der Waals surface area contributed by atoms with Crippen LogP contribution in [0.25, 0.3) is 56.1 Å². The fraction of sp³-hybridized carbons (Fsp3) is 0.133. The van der Waals surface area contributed by atoms with E-state index in [0.29, 0.717) is 73.5 Å². The van der Waals surface area contributed by atoms with Crippen molar-refractivity contribution >= 4 is 46.4 Å². The summed E-state index contributed by atoms with van der Waals surface area (Å²) in [5.41, 5.74) is 4.75. The number of fused-ring (bicyclic) bond motifs is 6. The molecule has 7 rings (SSSR count). The van der Waals surface area contributed by atoms with E-state index < -0.39 is 5.82 Å². The number of benzene rings is 2. The normalized spacial score (nSPS) is 12.1. The number of methoxy groups -OCH3 is 1. The van der Waals surface area contributed by atoms with Gasteiger partial charge in [-0.3, -0.25) is 9.36 Å². The van der Waals surface area contributed by atoms with Gasteiger partial charge in [-0.2, -0.15) is 0 Å². The molecule has 4 aromatic heterocycles. The molecule has 42 heavy (non-hydrogen) atoms. The summed E-state index contributed by atoms with van der Waals surface area (Å²) in [6.45, 7) is 0.188. The summed E-state index contributed by atoms with van der Waals surface area (Å²) in [5.74, 6) is 1.11. The number of pyridine rings is 2. The number of amides is 1. The van der Waals surface area contributed by atoms with Crippen molar-refractivity contribution in [2.45, 2.75) is 6.73 Å². The second-order valence-corrected chi connectivity index (χ2v) is 10.3. The average molecular weight is 583 g/mol. The van der Waals surface area contributed by atoms with Crippen LogP contribution in [0.2, 0.25) is 0 Å². The third-order valence-corrected chi connectivity index (χ3v) is 7.46. The molecule has 0 saturated heterocycles. The number of nitrogens with zero attached hydrogens (tertiary/aromatic N) is 5. The second-order valence-electron chi connectivity index (χ2n) is 9.65. The predicted molar refractivity (Wildman–Crippen MR) is 159 cm³/mol. The molecular formula is C30H23FN6O4S. The van der Waals surface area contributed by atoms with E-state index in [-0.39, 0.29) is 18.2 Å². The minimum Gasteiger partial charge on any atom is -0.481 e. The Morgan fingerprint density at radius 1 is 1.17 bits per heavy atom. The van der Waals surface area contributed by atoms with Crippen LogP contribution >= 0.6 is 12.8 Å². The number of halogens is 1. The van der Waals surface area contributed by atoms with E-state index in [4.69, 9.17) is 18.9 Å². The van der Waals surface area contributed by atoms with Crippen molar-refractivity contribution in [2.75, 3.05) is 25.5 Å². The van der Waals surface area contributed by atoms with Gasteiger partial charge in [0.15, 0.2) is 24.1 Å². The number of imidazole rings is 1. The van der Waals surface area contributed by atoms with Crippen molar-refractivity contribution in [1.82, 2.24) is 24.8 Å². The Bertz CT molecular complexity index is 2040. The van der Waals surface area contributed by atoms with E-state index >= 15 is 0 Å². The highest BCUT2D eigenvalue weighted by atomic mass is 32.1. The van der Waals surface area contributed by atoms with E-state index in [1.807, 2.05) is 24.3 Å². The van der Waals surface area contributed by atoms with Gasteiger partial charge in [-0.05, 0) is 36.4 Å². The quantitative estimate of drug-likeness (QED) is 0.249. The Morgan fingerprint density at radius 3 is 2.76 bits per heavy atom. The van der Waals surface area contributed by atoms with Gasteiger partial charge in [0, 0.05) is 48.9 Å². The zero-order valence-corrected chi connectivity index (χ0v) is 23.6. The second kappa shape index (κ2) is 9.77. The molecule has 1 amide bonds. The van der Waals surface area contributed by atoms with Crippen LogP contribution in [-0.2, 0) is 6.73 Å². The summed E-state index contributed by atoms with van der Waals surface area (Å²) in [6.07, 6.45) is 1.59. The standard InChI is InChI=1S/C30H23FN6O4S/c1-32-30(38)25-17-11-16(21(36(2)42)12-23(17)41-28(25)15-7-10-24(39-3)33-13-15)19-8-9-22-27(34-19)29-35-26-18(31)5-4-6-20(26)37(29)14-40-22/h4-13,42H,14H2,1-3H3,(H,32,38). The highest BCUT2D eigenvalue weighted by Crippen LogP contribution is 2.43. The lowest BCUT2D eigenvalue weighted by molar-refractivity contribution is 0.0964. The van der Waals surface area contributed by atoms with Gasteiger partial charge in [-0.15, -0.1) is 0 Å². The Hall–Kier alpha value is -5.10. The van der Waals surface area contributed by atoms with Crippen LogP contribution in [-0.4, -0.2) is 46.6 Å². The number of rotatable bonds is 5. The maximum atomic E-state index is 14.6. The molecule has 12 heteroatoms. The molecule has 0 bridgehead atoms. The lowest BCUT2D eigenvalue weighted by Crippen LogP contribution is -2.18. The zero-order valence-electron chi connectivity index (χ0n) is 22.7. The van der Waals surface area contributed by atoms with Crippen molar-refractivity contribution < 1.29 is 23.1 Å². The summed E-state index contributed by atoms with van der Waals surface area (Å²) in [6, 6.07) is 15.6. The number of hydrogen-bond donors (Lipinski definition) is 2. The van der Waals surface area contributed by atoms with E-state index in [1.165, 1.54) is 13.2 Å². The molecule has 1 N–H and O–H groups in total. The van der Waals surface area contributed by atoms with Crippen molar-refractivity contribution in [3.05, 3.63) is 72.2 Å². The van der Waals surface area contributed by atoms with Gasteiger partial charge in [-0.25, -0.2) is 19.3 Å². The number of carbonyl (C=O) groups is 1. The molecule has 210 valence electrons. The summed E-state index contributed by atoms with van der Waals surface area (Å²) in [4.78, 5) is 27.0. The molecule has 5 heterocycles. The molecule has 0 saturated carbocycles. The average Bonchev–Trinajstić information content (AvgIpc) is 3.59. The minimum atomic E-state index is -0.416. The van der Waals surface area contributed by atoms with Crippen molar-refractivity contribution in [3.8, 4) is 45.7 Å². The van der Waals surface area contributed by atoms with Crippen LogP contribution in [0.4, 0.5) is 10.1 Å². The SMILES string of the molecule is CNC(=O)c1c(-c2ccc(OC)nc2)oc2cc(N(C)S)c(-c3ccc4c(n3)-c3nc5c(F)cccc5n3CO4)cc12. The number of thiol groups is 1. The van der Waals surface area contributed by atoms with Crippen molar-refractivity contribution in [3.63, 3.8) is 0 Å². The summed E-state index contributed by atoms with van der Waals surface area (Å²) < 4.78 is 35.4. The maximum Gasteiger partial charge on any atom is 0.255 e. The molecule has 0 radical (unpaired) electrons. The number of aromatic nitrogens is 4. The molecule has 10 nitrogen and oxygen atoms in total. The van der Waals surface area contributed by atoms with Gasteiger partial charge in [-0.1, -0.05) is 18.9 Å². The Kier molecular flexibility index (Phi) is 6.01. The van der Waals surface area contributed by atoms with E-state index in [2.05, 4.69) is 28.1 Å². The molecule has 1 aliphatic rings. The van der Waals surface area contributed by atoms with Crippen LogP contribution in [0.1, 0.15) is 10.4 Å². The Morgan fingerprint density at radius 2 is 2.02 bits per heavy atom. The molecule has 0 fully saturated rings. The smallest absolute Gasteiger partial charge is 0.255 e. The maximum absolute atomic E-state index is 14.6. The molecule has 0 unspecified atom stereocenters. The number of ether oxygens (including phenoxy) is 2. The number of furan rings is 1. The Labute approximate surface area is 244 Å². The first-order valence-corrected chi connectivity index (χ1v) is 13.3. The highest BCUT2D eigenvalue weighted by molar-refractivity contribution is 7.81. The Balaban J connectivity index is 1.44. The van der Waals surface area contributed by atoms with Crippen LogP contribution in [0.15, 0.2) is 65.2 Å². The lowest BCUT2D eigenvalue weighted by atomic mass is 10.0. The van der Waals surface area contributed by atoms with Gasteiger partial charge in [0.25, 0.3) is 5.91 Å². The zero-order chi connectivity index (χ0) is 29.1. The van der Waals surface area contributed by atoms with Crippen molar-refractivity contribution in [2.24, 2.45) is 0 Å². The van der Waals surface area contributed by atoms with E-state index in [0.717, 1.165) is 0 Å². The first kappa shape index (κ1) is 25.8. The molecule has 0 aliphatic carbocycles. The number of carbonyl (C=O) groups excluding carboxylic acids is 1. The fourth-order valence-electron chi connectivity index (χ4n) is 5.23. The van der Waals surface area contributed by atoms with Gasteiger partial charge >= 0.3 is 0 Å². The molecule has 2 aromatic carbocycles. The summed E-state index contributed by atoms with van der Waals surface area (Å²) in [7, 11) is 4.88. The largest absolute Gasteiger partial charge is 0.481 e. The molecule has 6 aromatic rings.